The second-order valence-electron chi connectivity index (χ2n) is 5.11. The van der Waals surface area contributed by atoms with E-state index < -0.39 is 5.60 Å². The molecule has 0 amide bonds. The van der Waals surface area contributed by atoms with Crippen LogP contribution < -0.4 is 0 Å². The Balaban J connectivity index is 2.08. The molecule has 2 aromatic carbocycles. The van der Waals surface area contributed by atoms with Gasteiger partial charge in [0, 0.05) is 12.4 Å². The van der Waals surface area contributed by atoms with Gasteiger partial charge in [0.25, 0.3) is 0 Å². The van der Waals surface area contributed by atoms with Crippen LogP contribution in [0.15, 0.2) is 67.3 Å². The van der Waals surface area contributed by atoms with Gasteiger partial charge in [-0.15, -0.1) is 0 Å². The van der Waals surface area contributed by atoms with Gasteiger partial charge >= 0.3 is 0 Å². The zero-order chi connectivity index (χ0) is 15.6. The van der Waals surface area contributed by atoms with Gasteiger partial charge in [-0.2, -0.15) is 0 Å². The average molecular weight is 300 g/mol. The van der Waals surface area contributed by atoms with Gasteiger partial charge in [-0.1, -0.05) is 24.3 Å². The van der Waals surface area contributed by atoms with E-state index in [-0.39, 0.29) is 18.2 Å². The highest BCUT2D eigenvalue weighted by molar-refractivity contribution is 5.36. The fourth-order valence-corrected chi connectivity index (χ4v) is 2.44. The summed E-state index contributed by atoms with van der Waals surface area (Å²) in [5.74, 6) is -0.763. The SMILES string of the molecule is OC(Cn1ccnc1)(c1ccc(F)cc1)c1ccc(F)cc1. The first-order valence-corrected chi connectivity index (χ1v) is 6.78. The molecule has 0 saturated carbocycles. The minimum absolute atomic E-state index is 0.185. The molecule has 112 valence electrons. The van der Waals surface area contributed by atoms with E-state index in [1.165, 1.54) is 48.5 Å². The summed E-state index contributed by atoms with van der Waals surface area (Å²) in [4.78, 5) is 3.95. The van der Waals surface area contributed by atoms with Crippen molar-refractivity contribution in [2.45, 2.75) is 12.1 Å². The molecule has 0 atom stereocenters. The summed E-state index contributed by atoms with van der Waals surface area (Å²) in [7, 11) is 0. The molecule has 5 heteroatoms. The summed E-state index contributed by atoms with van der Waals surface area (Å²) >= 11 is 0. The molecule has 22 heavy (non-hydrogen) atoms. The van der Waals surface area contributed by atoms with E-state index in [1.54, 1.807) is 23.3 Å². The first kappa shape index (κ1) is 14.4. The zero-order valence-electron chi connectivity index (χ0n) is 11.7. The molecular weight excluding hydrogens is 286 g/mol. The maximum Gasteiger partial charge on any atom is 0.132 e. The number of imidazole rings is 1. The summed E-state index contributed by atoms with van der Waals surface area (Å²) in [5, 5.41) is 11.2. The Bertz CT molecular complexity index is 692. The van der Waals surface area contributed by atoms with Crippen molar-refractivity contribution in [3.8, 4) is 0 Å². The summed E-state index contributed by atoms with van der Waals surface area (Å²) < 4.78 is 28.0. The lowest BCUT2D eigenvalue weighted by Gasteiger charge is -2.29. The van der Waals surface area contributed by atoms with Crippen molar-refractivity contribution >= 4 is 0 Å². The summed E-state index contributed by atoms with van der Waals surface area (Å²) in [5.41, 5.74) is -0.370. The predicted octanol–water partition coefficient (Wildman–Crippen LogP) is 3.10. The Morgan fingerprint density at radius 1 is 0.909 bits per heavy atom. The van der Waals surface area contributed by atoms with Crippen LogP contribution in [-0.4, -0.2) is 14.7 Å². The van der Waals surface area contributed by atoms with E-state index in [4.69, 9.17) is 0 Å². The van der Waals surface area contributed by atoms with Crippen LogP contribution in [0.1, 0.15) is 11.1 Å². The van der Waals surface area contributed by atoms with Crippen molar-refractivity contribution in [2.75, 3.05) is 0 Å². The van der Waals surface area contributed by atoms with Crippen LogP contribution in [0.3, 0.4) is 0 Å². The maximum atomic E-state index is 13.2. The Morgan fingerprint density at radius 2 is 1.41 bits per heavy atom. The fraction of sp³-hybridized carbons (Fsp3) is 0.118. The lowest BCUT2D eigenvalue weighted by atomic mass is 9.86. The molecule has 0 radical (unpaired) electrons. The van der Waals surface area contributed by atoms with Gasteiger partial charge < -0.3 is 9.67 Å². The molecule has 0 fully saturated rings. The normalized spacial score (nSPS) is 11.6. The maximum absolute atomic E-state index is 13.2. The topological polar surface area (TPSA) is 38.0 Å². The molecule has 3 rings (SSSR count). The van der Waals surface area contributed by atoms with Gasteiger partial charge in [0.2, 0.25) is 0 Å². The largest absolute Gasteiger partial charge is 0.378 e. The average Bonchev–Trinajstić information content (AvgIpc) is 3.01. The lowest BCUT2D eigenvalue weighted by molar-refractivity contribution is 0.0610. The third-order valence-electron chi connectivity index (χ3n) is 3.61. The molecule has 0 aliphatic heterocycles. The highest BCUT2D eigenvalue weighted by Crippen LogP contribution is 2.31. The van der Waals surface area contributed by atoms with E-state index in [0.717, 1.165) is 0 Å². The number of hydrogen-bond donors (Lipinski definition) is 1. The monoisotopic (exact) mass is 300 g/mol. The van der Waals surface area contributed by atoms with Gasteiger partial charge in [0.1, 0.15) is 17.2 Å². The lowest BCUT2D eigenvalue weighted by Crippen LogP contribution is -2.32. The van der Waals surface area contributed by atoms with Gasteiger partial charge in [-0.05, 0) is 35.4 Å². The molecule has 3 nitrogen and oxygen atoms in total. The van der Waals surface area contributed by atoms with E-state index in [0.29, 0.717) is 11.1 Å². The van der Waals surface area contributed by atoms with Gasteiger partial charge in [-0.25, -0.2) is 13.8 Å². The van der Waals surface area contributed by atoms with Gasteiger partial charge in [0.05, 0.1) is 12.9 Å². The molecular formula is C17H14F2N2O. The number of hydrogen-bond acceptors (Lipinski definition) is 2. The first-order valence-electron chi connectivity index (χ1n) is 6.78. The molecule has 3 aromatic rings. The Labute approximate surface area is 126 Å². The van der Waals surface area contributed by atoms with Crippen LogP contribution in [-0.2, 0) is 12.1 Å². The van der Waals surface area contributed by atoms with Crippen LogP contribution in [0.5, 0.6) is 0 Å². The number of aromatic nitrogens is 2. The van der Waals surface area contributed by atoms with Crippen molar-refractivity contribution in [2.24, 2.45) is 0 Å². The second kappa shape index (κ2) is 5.69. The van der Waals surface area contributed by atoms with Gasteiger partial charge in [-0.3, -0.25) is 0 Å². The summed E-state index contributed by atoms with van der Waals surface area (Å²) in [6.07, 6.45) is 4.91. The summed E-state index contributed by atoms with van der Waals surface area (Å²) in [6.45, 7) is 0.185. The predicted molar refractivity (Wildman–Crippen MR) is 78.0 cm³/mol. The number of benzene rings is 2. The molecule has 0 unspecified atom stereocenters. The van der Waals surface area contributed by atoms with Crippen molar-refractivity contribution in [1.82, 2.24) is 9.55 Å². The van der Waals surface area contributed by atoms with E-state index in [9.17, 15) is 13.9 Å². The van der Waals surface area contributed by atoms with Crippen molar-refractivity contribution in [3.05, 3.63) is 90.0 Å². The molecule has 0 saturated heterocycles. The molecule has 1 N–H and O–H groups in total. The molecule has 0 spiro atoms. The Kier molecular flexibility index (Phi) is 3.73. The first-order chi connectivity index (χ1) is 10.6. The van der Waals surface area contributed by atoms with Crippen LogP contribution in [0, 0.1) is 11.6 Å². The number of aliphatic hydroxyl groups is 1. The van der Waals surface area contributed by atoms with Crippen molar-refractivity contribution < 1.29 is 13.9 Å². The smallest absolute Gasteiger partial charge is 0.132 e. The van der Waals surface area contributed by atoms with Crippen LogP contribution in [0.2, 0.25) is 0 Å². The third kappa shape index (κ3) is 2.76. The molecule has 0 aliphatic rings. The van der Waals surface area contributed by atoms with Crippen molar-refractivity contribution in [1.29, 1.82) is 0 Å². The summed E-state index contributed by atoms with van der Waals surface area (Å²) in [6, 6.07) is 11.3. The zero-order valence-corrected chi connectivity index (χ0v) is 11.7. The standard InChI is InChI=1S/C17H14F2N2O/c18-15-5-1-13(2-6-15)17(22,11-21-10-9-20-12-21)14-3-7-16(19)8-4-14/h1-10,12,22H,11H2. The van der Waals surface area contributed by atoms with E-state index in [2.05, 4.69) is 4.98 Å². The fourth-order valence-electron chi connectivity index (χ4n) is 2.44. The number of nitrogens with zero attached hydrogens (tertiary/aromatic N) is 2. The molecule has 1 heterocycles. The Hall–Kier alpha value is -2.53. The van der Waals surface area contributed by atoms with Crippen LogP contribution in [0.25, 0.3) is 0 Å². The Morgan fingerprint density at radius 3 is 1.82 bits per heavy atom. The molecule has 0 bridgehead atoms. The van der Waals surface area contributed by atoms with Crippen molar-refractivity contribution in [3.63, 3.8) is 0 Å². The third-order valence-corrected chi connectivity index (χ3v) is 3.61. The number of halogens is 2. The number of rotatable bonds is 4. The van der Waals surface area contributed by atoms with E-state index in [1.807, 2.05) is 0 Å². The molecule has 0 aliphatic carbocycles. The second-order valence-corrected chi connectivity index (χ2v) is 5.11. The van der Waals surface area contributed by atoms with Crippen LogP contribution in [0.4, 0.5) is 8.78 Å². The minimum atomic E-state index is -1.41. The quantitative estimate of drug-likeness (QED) is 0.804. The highest BCUT2D eigenvalue weighted by Gasteiger charge is 2.32. The van der Waals surface area contributed by atoms with Gasteiger partial charge in [0.15, 0.2) is 0 Å². The van der Waals surface area contributed by atoms with Crippen LogP contribution >= 0.6 is 0 Å². The highest BCUT2D eigenvalue weighted by atomic mass is 19.1. The molecule has 1 aromatic heterocycles. The minimum Gasteiger partial charge on any atom is -0.378 e. The van der Waals surface area contributed by atoms with E-state index >= 15 is 0 Å².